The lowest BCUT2D eigenvalue weighted by Crippen LogP contribution is -2.66. The first-order valence-electron chi connectivity index (χ1n) is 9.12. The quantitative estimate of drug-likeness (QED) is 0.856. The van der Waals surface area contributed by atoms with Gasteiger partial charge in [-0.15, -0.1) is 0 Å². The summed E-state index contributed by atoms with van der Waals surface area (Å²) in [4.78, 5) is 26.9. The van der Waals surface area contributed by atoms with Crippen LogP contribution < -0.4 is 10.1 Å². The van der Waals surface area contributed by atoms with E-state index in [0.29, 0.717) is 43.0 Å². The van der Waals surface area contributed by atoms with Crippen molar-refractivity contribution in [2.75, 3.05) is 38.7 Å². The predicted molar refractivity (Wildman–Crippen MR) is 98.6 cm³/mol. The van der Waals surface area contributed by atoms with Crippen LogP contribution in [0.3, 0.4) is 0 Å². The number of likely N-dealkylation sites (tertiary alicyclic amines) is 1. The molecule has 0 bridgehead atoms. The average molecular weight is 369 g/mol. The van der Waals surface area contributed by atoms with E-state index in [4.69, 9.17) is 9.47 Å². The number of methoxy groups -OCH3 is 1. The number of hydrogen-bond acceptors (Lipinski definition) is 7. The van der Waals surface area contributed by atoms with Crippen molar-refractivity contribution in [1.29, 1.82) is 0 Å². The standard InChI is InChI=1S/C19H23N5O3/c1-26-16-15(4-2-7-20-16)17(25)24-12-19(13-24)6-5-14(11-27-19)10-23-18-21-8-3-9-22-18/h2-4,7-9,14H,5-6,10-13H2,1H3,(H,21,22,23)/t14-/m0/s1. The molecular weight excluding hydrogens is 346 g/mol. The molecule has 4 heterocycles. The Labute approximate surface area is 157 Å². The molecular formula is C19H23N5O3. The number of rotatable bonds is 5. The van der Waals surface area contributed by atoms with Gasteiger partial charge in [0.1, 0.15) is 11.2 Å². The third-order valence-electron chi connectivity index (χ3n) is 5.19. The molecule has 1 atom stereocenters. The molecule has 2 aromatic rings. The second-order valence-corrected chi connectivity index (χ2v) is 7.07. The molecule has 2 saturated heterocycles. The second kappa shape index (κ2) is 7.48. The summed E-state index contributed by atoms with van der Waals surface area (Å²) in [6.07, 6.45) is 7.06. The normalized spacial score (nSPS) is 20.8. The maximum absolute atomic E-state index is 12.7. The highest BCUT2D eigenvalue weighted by molar-refractivity contribution is 5.97. The van der Waals surface area contributed by atoms with Crippen LogP contribution in [0.15, 0.2) is 36.8 Å². The van der Waals surface area contributed by atoms with E-state index in [1.54, 1.807) is 41.7 Å². The van der Waals surface area contributed by atoms with Gasteiger partial charge in [-0.3, -0.25) is 4.79 Å². The van der Waals surface area contributed by atoms with Crippen molar-refractivity contribution >= 4 is 11.9 Å². The van der Waals surface area contributed by atoms with Crippen LogP contribution in [0.2, 0.25) is 0 Å². The molecule has 1 amide bonds. The topological polar surface area (TPSA) is 89.5 Å². The van der Waals surface area contributed by atoms with Crippen LogP contribution in [0.1, 0.15) is 23.2 Å². The molecule has 1 spiro atoms. The zero-order valence-electron chi connectivity index (χ0n) is 15.3. The molecule has 2 aliphatic rings. The molecule has 4 rings (SSSR count). The minimum absolute atomic E-state index is 0.0563. The van der Waals surface area contributed by atoms with Crippen LogP contribution >= 0.6 is 0 Å². The first kappa shape index (κ1) is 17.7. The Morgan fingerprint density at radius 1 is 1.30 bits per heavy atom. The molecule has 0 aromatic carbocycles. The van der Waals surface area contributed by atoms with E-state index < -0.39 is 0 Å². The lowest BCUT2D eigenvalue weighted by molar-refractivity contribution is -0.165. The third-order valence-corrected chi connectivity index (χ3v) is 5.19. The Kier molecular flexibility index (Phi) is 4.89. The van der Waals surface area contributed by atoms with Gasteiger partial charge in [-0.2, -0.15) is 0 Å². The smallest absolute Gasteiger partial charge is 0.259 e. The highest BCUT2D eigenvalue weighted by Crippen LogP contribution is 2.37. The molecule has 142 valence electrons. The van der Waals surface area contributed by atoms with E-state index in [-0.39, 0.29) is 11.5 Å². The van der Waals surface area contributed by atoms with E-state index in [9.17, 15) is 4.79 Å². The van der Waals surface area contributed by atoms with Gasteiger partial charge < -0.3 is 19.7 Å². The van der Waals surface area contributed by atoms with Crippen molar-refractivity contribution < 1.29 is 14.3 Å². The van der Waals surface area contributed by atoms with Gasteiger partial charge in [-0.25, -0.2) is 15.0 Å². The Morgan fingerprint density at radius 3 is 2.78 bits per heavy atom. The lowest BCUT2D eigenvalue weighted by atomic mass is 9.82. The summed E-state index contributed by atoms with van der Waals surface area (Å²) in [6.45, 7) is 2.70. The number of hydrogen-bond donors (Lipinski definition) is 1. The molecule has 27 heavy (non-hydrogen) atoms. The Bertz CT molecular complexity index is 785. The number of amides is 1. The zero-order chi connectivity index (χ0) is 18.7. The van der Waals surface area contributed by atoms with Crippen LogP contribution in [0.5, 0.6) is 5.88 Å². The van der Waals surface area contributed by atoms with Gasteiger partial charge in [0.05, 0.1) is 26.8 Å². The molecule has 2 fully saturated rings. The van der Waals surface area contributed by atoms with E-state index in [2.05, 4.69) is 20.3 Å². The summed E-state index contributed by atoms with van der Waals surface area (Å²) in [5, 5.41) is 3.25. The van der Waals surface area contributed by atoms with Crippen molar-refractivity contribution in [3.8, 4) is 5.88 Å². The maximum Gasteiger partial charge on any atom is 0.259 e. The maximum atomic E-state index is 12.7. The van der Waals surface area contributed by atoms with Gasteiger partial charge in [0, 0.05) is 25.1 Å². The van der Waals surface area contributed by atoms with Crippen LogP contribution in [-0.2, 0) is 4.74 Å². The van der Waals surface area contributed by atoms with Crippen molar-refractivity contribution in [3.63, 3.8) is 0 Å². The van der Waals surface area contributed by atoms with Gasteiger partial charge >= 0.3 is 0 Å². The highest BCUT2D eigenvalue weighted by atomic mass is 16.5. The zero-order valence-corrected chi connectivity index (χ0v) is 15.3. The molecule has 0 unspecified atom stereocenters. The second-order valence-electron chi connectivity index (χ2n) is 7.07. The monoisotopic (exact) mass is 369 g/mol. The Morgan fingerprint density at radius 2 is 2.07 bits per heavy atom. The number of anilines is 1. The summed E-state index contributed by atoms with van der Waals surface area (Å²) in [5.41, 5.74) is 0.292. The van der Waals surface area contributed by atoms with E-state index in [1.807, 2.05) is 0 Å². The van der Waals surface area contributed by atoms with Gasteiger partial charge in [-0.05, 0) is 37.0 Å². The number of aromatic nitrogens is 3. The van der Waals surface area contributed by atoms with Crippen molar-refractivity contribution in [1.82, 2.24) is 19.9 Å². The molecule has 0 saturated carbocycles. The fourth-order valence-electron chi connectivity index (χ4n) is 3.63. The fourth-order valence-corrected chi connectivity index (χ4v) is 3.63. The molecule has 8 heteroatoms. The number of ether oxygens (including phenoxy) is 2. The van der Waals surface area contributed by atoms with Crippen LogP contribution in [0.4, 0.5) is 5.95 Å². The molecule has 8 nitrogen and oxygen atoms in total. The number of carbonyl (C=O) groups is 1. The Hall–Kier alpha value is -2.74. The number of pyridine rings is 1. The first-order chi connectivity index (χ1) is 13.2. The van der Waals surface area contributed by atoms with Crippen LogP contribution in [0.25, 0.3) is 0 Å². The molecule has 0 aliphatic carbocycles. The summed E-state index contributed by atoms with van der Waals surface area (Å²) >= 11 is 0. The fraction of sp³-hybridized carbons (Fsp3) is 0.474. The van der Waals surface area contributed by atoms with Crippen molar-refractivity contribution in [3.05, 3.63) is 42.4 Å². The molecule has 2 aliphatic heterocycles. The van der Waals surface area contributed by atoms with E-state index in [1.165, 1.54) is 7.11 Å². The van der Waals surface area contributed by atoms with Gasteiger partial charge in [-0.1, -0.05) is 0 Å². The highest BCUT2D eigenvalue weighted by Gasteiger charge is 2.48. The number of carbonyl (C=O) groups excluding carboxylic acids is 1. The van der Waals surface area contributed by atoms with Crippen molar-refractivity contribution in [2.45, 2.75) is 18.4 Å². The molecule has 0 radical (unpaired) electrons. The minimum Gasteiger partial charge on any atom is -0.480 e. The number of nitrogens with zero attached hydrogens (tertiary/aromatic N) is 4. The van der Waals surface area contributed by atoms with Crippen molar-refractivity contribution in [2.24, 2.45) is 5.92 Å². The summed E-state index contributed by atoms with van der Waals surface area (Å²) in [7, 11) is 1.52. The first-order valence-corrected chi connectivity index (χ1v) is 9.12. The van der Waals surface area contributed by atoms with Gasteiger partial charge in [0.2, 0.25) is 11.8 Å². The summed E-state index contributed by atoms with van der Waals surface area (Å²) in [5.74, 6) is 1.37. The van der Waals surface area contributed by atoms with Gasteiger partial charge in [0.25, 0.3) is 5.91 Å². The molecule has 2 aromatic heterocycles. The third kappa shape index (κ3) is 3.71. The van der Waals surface area contributed by atoms with E-state index in [0.717, 1.165) is 19.4 Å². The molecule has 1 N–H and O–H groups in total. The van der Waals surface area contributed by atoms with E-state index >= 15 is 0 Å². The average Bonchev–Trinajstić information content (AvgIpc) is 2.71. The van der Waals surface area contributed by atoms with Gasteiger partial charge in [0.15, 0.2) is 0 Å². The summed E-state index contributed by atoms with van der Waals surface area (Å²) < 4.78 is 11.3. The summed E-state index contributed by atoms with van der Waals surface area (Å²) in [6, 6.07) is 5.29. The van der Waals surface area contributed by atoms with Crippen LogP contribution in [0, 0.1) is 5.92 Å². The van der Waals surface area contributed by atoms with Crippen LogP contribution in [-0.4, -0.2) is 64.7 Å². The largest absolute Gasteiger partial charge is 0.480 e. The SMILES string of the molecule is COc1ncccc1C(=O)N1CC2(CC[C@@H](CNc3ncccn3)CO2)C1. The predicted octanol–water partition coefficient (Wildman–Crippen LogP) is 1.61. The minimum atomic E-state index is -0.204. The lowest BCUT2D eigenvalue weighted by Gasteiger charge is -2.52. The Balaban J connectivity index is 1.27. The number of nitrogens with one attached hydrogen (secondary N) is 1.